The smallest absolute Gasteiger partial charge is 0.255 e. The number of hydrogen-bond donors (Lipinski definition) is 1. The van der Waals surface area contributed by atoms with E-state index < -0.39 is 0 Å². The molecule has 0 aliphatic carbocycles. The zero-order valence-electron chi connectivity index (χ0n) is 16.6. The predicted molar refractivity (Wildman–Crippen MR) is 111 cm³/mol. The number of rotatable bonds is 6. The highest BCUT2D eigenvalue weighted by molar-refractivity contribution is 6.05. The average molecular weight is 380 g/mol. The van der Waals surface area contributed by atoms with Crippen molar-refractivity contribution in [3.63, 3.8) is 0 Å². The summed E-state index contributed by atoms with van der Waals surface area (Å²) in [5.41, 5.74) is 1.77. The van der Waals surface area contributed by atoms with E-state index in [0.717, 1.165) is 25.8 Å². The number of para-hydroxylation sites is 2. The number of nitrogens with one attached hydrogen (secondary N) is 1. The summed E-state index contributed by atoms with van der Waals surface area (Å²) in [6.45, 7) is 5.37. The average Bonchev–Trinajstić information content (AvgIpc) is 2.75. The van der Waals surface area contributed by atoms with Gasteiger partial charge in [0.15, 0.2) is 0 Å². The summed E-state index contributed by atoms with van der Waals surface area (Å²) < 4.78 is 5.55. The Morgan fingerprint density at radius 1 is 1.04 bits per heavy atom. The van der Waals surface area contributed by atoms with Crippen LogP contribution in [0.5, 0.6) is 5.75 Å². The molecule has 0 saturated carbocycles. The second kappa shape index (κ2) is 9.40. The van der Waals surface area contributed by atoms with Gasteiger partial charge in [-0.05, 0) is 69.0 Å². The molecular formula is C23H28N2O3. The number of amides is 2. The topological polar surface area (TPSA) is 58.6 Å². The number of benzene rings is 2. The molecule has 1 unspecified atom stereocenters. The van der Waals surface area contributed by atoms with E-state index in [4.69, 9.17) is 4.74 Å². The van der Waals surface area contributed by atoms with Crippen molar-refractivity contribution >= 4 is 17.5 Å². The third-order valence-electron chi connectivity index (χ3n) is 5.19. The largest absolute Gasteiger partial charge is 0.492 e. The second-order valence-corrected chi connectivity index (χ2v) is 7.02. The normalized spacial score (nSPS) is 16.5. The van der Waals surface area contributed by atoms with Crippen LogP contribution in [0.3, 0.4) is 0 Å². The van der Waals surface area contributed by atoms with Gasteiger partial charge < -0.3 is 15.0 Å². The number of likely N-dealkylation sites (tertiary alicyclic amines) is 1. The third kappa shape index (κ3) is 4.53. The number of hydrogen-bond acceptors (Lipinski definition) is 3. The van der Waals surface area contributed by atoms with Gasteiger partial charge in [0.1, 0.15) is 5.75 Å². The molecule has 1 N–H and O–H groups in total. The van der Waals surface area contributed by atoms with E-state index in [0.29, 0.717) is 35.2 Å². The molecule has 0 radical (unpaired) electrons. The van der Waals surface area contributed by atoms with E-state index >= 15 is 0 Å². The molecule has 1 aliphatic heterocycles. The van der Waals surface area contributed by atoms with E-state index in [-0.39, 0.29) is 11.8 Å². The maximum absolute atomic E-state index is 12.9. The molecule has 0 spiro atoms. The van der Waals surface area contributed by atoms with Crippen LogP contribution in [0.2, 0.25) is 0 Å². The monoisotopic (exact) mass is 380 g/mol. The van der Waals surface area contributed by atoms with Gasteiger partial charge in [0, 0.05) is 23.7 Å². The zero-order chi connectivity index (χ0) is 19.9. The van der Waals surface area contributed by atoms with Crippen molar-refractivity contribution in [1.29, 1.82) is 0 Å². The first kappa shape index (κ1) is 19.9. The van der Waals surface area contributed by atoms with E-state index in [1.807, 2.05) is 36.1 Å². The fourth-order valence-electron chi connectivity index (χ4n) is 3.67. The van der Waals surface area contributed by atoms with Gasteiger partial charge in [-0.2, -0.15) is 0 Å². The summed E-state index contributed by atoms with van der Waals surface area (Å²) in [4.78, 5) is 27.4. The summed E-state index contributed by atoms with van der Waals surface area (Å²) in [5.74, 6) is 0.469. The molecule has 0 bridgehead atoms. The van der Waals surface area contributed by atoms with Crippen LogP contribution in [0.15, 0.2) is 48.5 Å². The van der Waals surface area contributed by atoms with Crippen molar-refractivity contribution in [3.8, 4) is 5.75 Å². The number of carbonyl (C=O) groups excluding carboxylic acids is 2. The molecule has 1 fully saturated rings. The van der Waals surface area contributed by atoms with Gasteiger partial charge in [-0.1, -0.05) is 19.1 Å². The van der Waals surface area contributed by atoms with Gasteiger partial charge in [-0.15, -0.1) is 0 Å². The van der Waals surface area contributed by atoms with Crippen LogP contribution >= 0.6 is 0 Å². The Labute approximate surface area is 166 Å². The van der Waals surface area contributed by atoms with Gasteiger partial charge in [-0.3, -0.25) is 9.59 Å². The molecule has 5 heteroatoms. The number of anilines is 1. The molecule has 2 amide bonds. The predicted octanol–water partition coefficient (Wildman–Crippen LogP) is 4.74. The van der Waals surface area contributed by atoms with Crippen molar-refractivity contribution in [2.75, 3.05) is 18.5 Å². The molecule has 1 saturated heterocycles. The van der Waals surface area contributed by atoms with Crippen LogP contribution in [-0.4, -0.2) is 35.9 Å². The number of carbonyl (C=O) groups is 2. The number of nitrogens with zero attached hydrogens (tertiary/aromatic N) is 1. The van der Waals surface area contributed by atoms with Gasteiger partial charge in [0.25, 0.3) is 11.8 Å². The van der Waals surface area contributed by atoms with Crippen molar-refractivity contribution in [1.82, 2.24) is 4.90 Å². The fourth-order valence-corrected chi connectivity index (χ4v) is 3.67. The lowest BCUT2D eigenvalue weighted by atomic mass is 9.98. The van der Waals surface area contributed by atoms with Gasteiger partial charge in [0.2, 0.25) is 0 Å². The molecule has 1 heterocycles. The minimum absolute atomic E-state index is 0.0557. The van der Waals surface area contributed by atoms with Crippen molar-refractivity contribution in [2.24, 2.45) is 0 Å². The van der Waals surface area contributed by atoms with Crippen molar-refractivity contribution in [2.45, 2.75) is 45.6 Å². The summed E-state index contributed by atoms with van der Waals surface area (Å²) in [6.07, 6.45) is 4.29. The molecule has 1 atom stereocenters. The molecule has 3 rings (SSSR count). The number of piperidine rings is 1. The van der Waals surface area contributed by atoms with Crippen LogP contribution < -0.4 is 10.1 Å². The Morgan fingerprint density at radius 2 is 1.75 bits per heavy atom. The van der Waals surface area contributed by atoms with E-state index in [9.17, 15) is 9.59 Å². The minimum atomic E-state index is -0.226. The van der Waals surface area contributed by atoms with Crippen molar-refractivity contribution < 1.29 is 14.3 Å². The van der Waals surface area contributed by atoms with Crippen LogP contribution in [0, 0.1) is 0 Å². The number of ether oxygens (including phenoxy) is 1. The lowest BCUT2D eigenvalue weighted by Gasteiger charge is -2.35. The lowest BCUT2D eigenvalue weighted by Crippen LogP contribution is -2.43. The second-order valence-electron chi connectivity index (χ2n) is 7.02. The molecule has 2 aromatic carbocycles. The summed E-state index contributed by atoms with van der Waals surface area (Å²) in [7, 11) is 0. The van der Waals surface area contributed by atoms with Gasteiger partial charge in [-0.25, -0.2) is 0 Å². The lowest BCUT2D eigenvalue weighted by molar-refractivity contribution is 0.0607. The molecule has 1 aliphatic rings. The molecule has 28 heavy (non-hydrogen) atoms. The summed E-state index contributed by atoms with van der Waals surface area (Å²) in [6, 6.07) is 14.6. The fraction of sp³-hybridized carbons (Fsp3) is 0.391. The highest BCUT2D eigenvalue weighted by Crippen LogP contribution is 2.25. The molecular weight excluding hydrogens is 352 g/mol. The Kier molecular flexibility index (Phi) is 6.69. The Bertz CT molecular complexity index is 817. The molecule has 0 aromatic heterocycles. The van der Waals surface area contributed by atoms with Crippen LogP contribution in [-0.2, 0) is 0 Å². The first-order valence-corrected chi connectivity index (χ1v) is 10.1. The molecule has 2 aromatic rings. The highest BCUT2D eigenvalue weighted by atomic mass is 16.5. The Morgan fingerprint density at radius 3 is 2.46 bits per heavy atom. The summed E-state index contributed by atoms with van der Waals surface area (Å²) in [5, 5.41) is 2.88. The SMILES string of the molecule is CCOc1ccccc1NC(=O)c1ccc(C(=O)N2CCCCC2CC)cc1. The standard InChI is InChI=1S/C23H28N2O3/c1-3-19-9-7-8-16-25(19)23(27)18-14-12-17(13-15-18)22(26)24-20-10-5-6-11-21(20)28-4-2/h5-6,10-15,19H,3-4,7-9,16H2,1-2H3,(H,24,26). The van der Waals surface area contributed by atoms with E-state index in [1.54, 1.807) is 24.3 Å². The first-order valence-electron chi connectivity index (χ1n) is 10.1. The molecule has 148 valence electrons. The van der Waals surface area contributed by atoms with Crippen LogP contribution in [0.25, 0.3) is 0 Å². The van der Waals surface area contributed by atoms with E-state index in [1.165, 1.54) is 6.42 Å². The van der Waals surface area contributed by atoms with Crippen molar-refractivity contribution in [3.05, 3.63) is 59.7 Å². The first-order chi connectivity index (χ1) is 13.6. The Balaban J connectivity index is 1.70. The quantitative estimate of drug-likeness (QED) is 0.787. The van der Waals surface area contributed by atoms with Gasteiger partial charge in [0.05, 0.1) is 12.3 Å². The van der Waals surface area contributed by atoms with Crippen LogP contribution in [0.1, 0.15) is 60.2 Å². The van der Waals surface area contributed by atoms with E-state index in [2.05, 4.69) is 12.2 Å². The third-order valence-corrected chi connectivity index (χ3v) is 5.19. The minimum Gasteiger partial charge on any atom is -0.492 e. The highest BCUT2D eigenvalue weighted by Gasteiger charge is 2.26. The zero-order valence-corrected chi connectivity index (χ0v) is 16.6. The maximum Gasteiger partial charge on any atom is 0.255 e. The Hall–Kier alpha value is -2.82. The maximum atomic E-state index is 12.9. The summed E-state index contributed by atoms with van der Waals surface area (Å²) >= 11 is 0. The van der Waals surface area contributed by atoms with Crippen LogP contribution in [0.4, 0.5) is 5.69 Å². The van der Waals surface area contributed by atoms with Gasteiger partial charge >= 0.3 is 0 Å². The molecule has 5 nitrogen and oxygen atoms in total.